The third-order valence-corrected chi connectivity index (χ3v) is 7.82. The van der Waals surface area contributed by atoms with Gasteiger partial charge in [0.2, 0.25) is 5.91 Å². The number of carbonyl (C=O) groups excluding carboxylic acids is 2. The van der Waals surface area contributed by atoms with E-state index < -0.39 is 5.97 Å². The first-order valence-electron chi connectivity index (χ1n) is 12.3. The zero-order chi connectivity index (χ0) is 27.1. The van der Waals surface area contributed by atoms with Crippen molar-refractivity contribution in [2.75, 3.05) is 17.7 Å². The first kappa shape index (κ1) is 27.4. The molecule has 1 N–H and O–H groups in total. The summed E-state index contributed by atoms with van der Waals surface area (Å²) in [5, 5.41) is 14.4. The van der Waals surface area contributed by atoms with Crippen molar-refractivity contribution in [1.82, 2.24) is 14.8 Å². The molecule has 0 saturated carbocycles. The van der Waals surface area contributed by atoms with Gasteiger partial charge in [0.25, 0.3) is 0 Å². The van der Waals surface area contributed by atoms with E-state index in [0.717, 1.165) is 28.0 Å². The normalized spacial score (nSPS) is 10.8. The second-order valence-electron chi connectivity index (χ2n) is 8.41. The van der Waals surface area contributed by atoms with E-state index in [0.29, 0.717) is 28.1 Å². The van der Waals surface area contributed by atoms with Gasteiger partial charge in [-0.15, -0.1) is 21.5 Å². The lowest BCUT2D eigenvalue weighted by molar-refractivity contribution is -0.113. The van der Waals surface area contributed by atoms with Crippen molar-refractivity contribution in [3.05, 3.63) is 76.4 Å². The second-order valence-corrected chi connectivity index (χ2v) is 10.2. The van der Waals surface area contributed by atoms with Crippen molar-refractivity contribution < 1.29 is 19.1 Å². The Labute approximate surface area is 230 Å². The average molecular weight is 551 g/mol. The molecule has 0 aliphatic carbocycles. The molecule has 2 heterocycles. The van der Waals surface area contributed by atoms with Crippen molar-refractivity contribution in [2.24, 2.45) is 0 Å². The molecule has 2 aromatic heterocycles. The number of anilines is 1. The number of esters is 1. The molecule has 0 radical (unpaired) electrons. The van der Waals surface area contributed by atoms with Gasteiger partial charge in [0, 0.05) is 17.5 Å². The highest BCUT2D eigenvalue weighted by Gasteiger charge is 2.23. The smallest absolute Gasteiger partial charge is 0.341 e. The molecule has 0 aliphatic rings. The van der Waals surface area contributed by atoms with Crippen LogP contribution in [0.15, 0.2) is 59.1 Å². The first-order valence-corrected chi connectivity index (χ1v) is 14.2. The summed E-state index contributed by atoms with van der Waals surface area (Å²) in [5.74, 6) is 0.895. The summed E-state index contributed by atoms with van der Waals surface area (Å²) in [6, 6.07) is 15.5. The molecule has 4 rings (SSSR count). The van der Waals surface area contributed by atoms with Crippen molar-refractivity contribution in [3.63, 3.8) is 0 Å². The number of ether oxygens (including phenoxy) is 2. The zero-order valence-electron chi connectivity index (χ0n) is 21.8. The van der Waals surface area contributed by atoms with Crippen LogP contribution >= 0.6 is 23.1 Å². The van der Waals surface area contributed by atoms with E-state index in [-0.39, 0.29) is 24.9 Å². The van der Waals surface area contributed by atoms with Crippen LogP contribution in [0.2, 0.25) is 0 Å². The molecule has 1 amide bonds. The summed E-state index contributed by atoms with van der Waals surface area (Å²) in [6.07, 6.45) is 0. The third kappa shape index (κ3) is 6.25. The van der Waals surface area contributed by atoms with Gasteiger partial charge in [0.05, 0.1) is 12.4 Å². The van der Waals surface area contributed by atoms with Gasteiger partial charge in [0.1, 0.15) is 22.9 Å². The molecular weight excluding hydrogens is 520 g/mol. The lowest BCUT2D eigenvalue weighted by Crippen LogP contribution is -2.17. The van der Waals surface area contributed by atoms with E-state index in [1.54, 1.807) is 6.92 Å². The molecule has 0 spiro atoms. The quantitative estimate of drug-likeness (QED) is 0.177. The van der Waals surface area contributed by atoms with E-state index in [4.69, 9.17) is 9.47 Å². The fourth-order valence-corrected chi connectivity index (χ4v) is 5.65. The van der Waals surface area contributed by atoms with Gasteiger partial charge in [-0.1, -0.05) is 54.2 Å². The van der Waals surface area contributed by atoms with Crippen molar-refractivity contribution >= 4 is 40.0 Å². The third-order valence-electron chi connectivity index (χ3n) is 5.96. The number of nitrogens with one attached hydrogen (secondary N) is 1. The predicted octanol–water partition coefficient (Wildman–Crippen LogP) is 6.13. The highest BCUT2D eigenvalue weighted by atomic mass is 32.2. The van der Waals surface area contributed by atoms with Crippen LogP contribution in [0.1, 0.15) is 41.2 Å². The minimum absolute atomic E-state index is 0.108. The van der Waals surface area contributed by atoms with Crippen LogP contribution in [-0.4, -0.2) is 39.0 Å². The Morgan fingerprint density at radius 1 is 1.05 bits per heavy atom. The monoisotopic (exact) mass is 550 g/mol. The number of aromatic nitrogens is 3. The Morgan fingerprint density at radius 3 is 2.58 bits per heavy atom. The molecule has 8 nitrogen and oxygen atoms in total. The van der Waals surface area contributed by atoms with Crippen LogP contribution in [0.25, 0.3) is 11.1 Å². The fraction of sp³-hybridized carbons (Fsp3) is 0.286. The Morgan fingerprint density at radius 2 is 1.84 bits per heavy atom. The summed E-state index contributed by atoms with van der Waals surface area (Å²) in [4.78, 5) is 25.7. The maximum absolute atomic E-state index is 12.9. The number of amides is 1. The highest BCUT2D eigenvalue weighted by molar-refractivity contribution is 7.99. The lowest BCUT2D eigenvalue weighted by atomic mass is 10.0. The minimum Gasteiger partial charge on any atom is -0.485 e. The lowest BCUT2D eigenvalue weighted by Gasteiger charge is -2.12. The summed E-state index contributed by atoms with van der Waals surface area (Å²) in [7, 11) is 0. The highest BCUT2D eigenvalue weighted by Crippen LogP contribution is 2.36. The average Bonchev–Trinajstić information content (AvgIpc) is 3.52. The Hall–Kier alpha value is -3.63. The van der Waals surface area contributed by atoms with Gasteiger partial charge in [-0.2, -0.15) is 0 Å². The van der Waals surface area contributed by atoms with E-state index in [1.807, 2.05) is 79.2 Å². The second kappa shape index (κ2) is 12.7. The maximum atomic E-state index is 12.9. The molecule has 10 heteroatoms. The number of aryl methyl sites for hydroxylation is 1. The number of thioether (sulfide) groups is 1. The summed E-state index contributed by atoms with van der Waals surface area (Å²) in [6.45, 7) is 8.99. The molecule has 2 aromatic carbocycles. The van der Waals surface area contributed by atoms with Crippen molar-refractivity contribution in [2.45, 2.75) is 46.0 Å². The van der Waals surface area contributed by atoms with Gasteiger partial charge in [-0.05, 0) is 50.5 Å². The van der Waals surface area contributed by atoms with Crippen LogP contribution < -0.4 is 10.1 Å². The van der Waals surface area contributed by atoms with Crippen LogP contribution in [0, 0.1) is 13.8 Å². The molecule has 0 atom stereocenters. The maximum Gasteiger partial charge on any atom is 0.341 e. The molecule has 0 unspecified atom stereocenters. The van der Waals surface area contributed by atoms with Gasteiger partial charge < -0.3 is 19.4 Å². The number of hydrogen-bond donors (Lipinski definition) is 1. The van der Waals surface area contributed by atoms with Crippen LogP contribution in [0.5, 0.6) is 5.75 Å². The zero-order valence-corrected chi connectivity index (χ0v) is 23.4. The topological polar surface area (TPSA) is 95.3 Å². The van der Waals surface area contributed by atoms with Crippen LogP contribution in [-0.2, 0) is 22.7 Å². The molecule has 38 heavy (non-hydrogen) atoms. The van der Waals surface area contributed by atoms with E-state index >= 15 is 0 Å². The molecule has 0 fully saturated rings. The minimum atomic E-state index is -0.463. The van der Waals surface area contributed by atoms with Crippen LogP contribution in [0.4, 0.5) is 5.00 Å². The molecule has 4 aromatic rings. The number of rotatable bonds is 11. The SMILES string of the molecule is CCOC(=O)c1c(-c2ccccc2)csc1NC(=O)CSc1nnc(COc2cccc(C)c2C)n1CC. The first-order chi connectivity index (χ1) is 18.4. The number of benzene rings is 2. The van der Waals surface area contributed by atoms with E-state index in [2.05, 4.69) is 15.5 Å². The number of nitrogens with zero attached hydrogens (tertiary/aromatic N) is 3. The summed E-state index contributed by atoms with van der Waals surface area (Å²) in [5.41, 5.74) is 4.23. The number of thiophene rings is 1. The van der Waals surface area contributed by atoms with Gasteiger partial charge in [-0.25, -0.2) is 4.79 Å². The number of carbonyl (C=O) groups is 2. The predicted molar refractivity (Wildman–Crippen MR) is 151 cm³/mol. The van der Waals surface area contributed by atoms with Gasteiger partial charge >= 0.3 is 5.97 Å². The van der Waals surface area contributed by atoms with Gasteiger partial charge in [-0.3, -0.25) is 4.79 Å². The van der Waals surface area contributed by atoms with Gasteiger partial charge in [0.15, 0.2) is 11.0 Å². The fourth-order valence-electron chi connectivity index (χ4n) is 3.85. The summed E-state index contributed by atoms with van der Waals surface area (Å²) >= 11 is 2.59. The Kier molecular flexibility index (Phi) is 9.19. The molecule has 0 saturated heterocycles. The van der Waals surface area contributed by atoms with Crippen molar-refractivity contribution in [3.8, 4) is 16.9 Å². The Balaban J connectivity index is 1.43. The Bertz CT molecular complexity index is 1420. The standard InChI is InChI=1S/C28H30N4O4S2/c1-5-32-23(15-36-22-14-10-11-18(3)19(22)4)30-31-28(32)38-17-24(33)29-26-25(27(34)35-6-2)21(16-37-26)20-12-8-7-9-13-20/h7-14,16H,5-6,15,17H2,1-4H3,(H,29,33). The van der Waals surface area contributed by atoms with Crippen LogP contribution in [0.3, 0.4) is 0 Å². The molecule has 198 valence electrons. The van der Waals surface area contributed by atoms with Crippen molar-refractivity contribution in [1.29, 1.82) is 0 Å². The molecule has 0 aliphatic heterocycles. The molecular formula is C28H30N4O4S2. The molecule has 0 bridgehead atoms. The number of hydrogen-bond acceptors (Lipinski definition) is 8. The van der Waals surface area contributed by atoms with E-state index in [9.17, 15) is 9.59 Å². The van der Waals surface area contributed by atoms with E-state index in [1.165, 1.54) is 23.1 Å². The largest absolute Gasteiger partial charge is 0.485 e. The summed E-state index contributed by atoms with van der Waals surface area (Å²) < 4.78 is 13.2.